The summed E-state index contributed by atoms with van der Waals surface area (Å²) in [6.45, 7) is 14.3. The smallest absolute Gasteiger partial charge is 0.0187 e. The summed E-state index contributed by atoms with van der Waals surface area (Å²) in [5.41, 5.74) is 3.91. The van der Waals surface area contributed by atoms with E-state index in [2.05, 4.69) is 57.2 Å². The van der Waals surface area contributed by atoms with Crippen LogP contribution in [0.1, 0.15) is 54.0 Å². The second-order valence-electron chi connectivity index (χ2n) is 3.33. The van der Waals surface area contributed by atoms with Gasteiger partial charge in [-0.25, -0.2) is 0 Å². The Morgan fingerprint density at radius 2 is 1.35 bits per heavy atom. The summed E-state index contributed by atoms with van der Waals surface area (Å²) in [6.07, 6.45) is 4.34. The van der Waals surface area contributed by atoms with Crippen LogP contribution in [0.2, 0.25) is 0 Å². The Kier molecular flexibility index (Phi) is 13.6. The fraction of sp³-hybridized carbons (Fsp3) is 0.412. The van der Waals surface area contributed by atoms with Crippen LogP contribution in [-0.4, -0.2) is 0 Å². The first-order chi connectivity index (χ1) is 8.24. The van der Waals surface area contributed by atoms with Gasteiger partial charge in [-0.3, -0.25) is 0 Å². The van der Waals surface area contributed by atoms with Gasteiger partial charge in [-0.1, -0.05) is 75.8 Å². The first kappa shape index (κ1) is 18.1. The third kappa shape index (κ3) is 8.50. The minimum Gasteiger partial charge on any atom is -0.0798 e. The lowest BCUT2D eigenvalue weighted by atomic mass is 10.0. The Morgan fingerprint density at radius 1 is 0.882 bits per heavy atom. The van der Waals surface area contributed by atoms with E-state index in [0.29, 0.717) is 0 Å². The normalized spacial score (nSPS) is 9.24. The van der Waals surface area contributed by atoms with Crippen molar-refractivity contribution in [3.63, 3.8) is 0 Å². The Morgan fingerprint density at radius 3 is 1.71 bits per heavy atom. The van der Waals surface area contributed by atoms with Crippen molar-refractivity contribution in [3.05, 3.63) is 53.6 Å². The van der Waals surface area contributed by atoms with Gasteiger partial charge in [0.1, 0.15) is 0 Å². The highest BCUT2D eigenvalue weighted by atomic mass is 14.0. The number of hydrogen-bond acceptors (Lipinski definition) is 0. The van der Waals surface area contributed by atoms with Gasteiger partial charge in [-0.05, 0) is 31.9 Å². The second kappa shape index (κ2) is 12.8. The molecular weight excluding hydrogens is 204 g/mol. The van der Waals surface area contributed by atoms with Gasteiger partial charge in [0.05, 0.1) is 0 Å². The average molecular weight is 232 g/mol. The molecule has 0 radical (unpaired) electrons. The van der Waals surface area contributed by atoms with Crippen LogP contribution >= 0.6 is 0 Å². The van der Waals surface area contributed by atoms with E-state index in [9.17, 15) is 0 Å². The number of hydrogen-bond donors (Lipinski definition) is 0. The van der Waals surface area contributed by atoms with Crippen LogP contribution in [0.15, 0.2) is 48.1 Å². The maximum absolute atomic E-state index is 2.20. The van der Waals surface area contributed by atoms with E-state index in [1.54, 1.807) is 0 Å². The SMILES string of the molecule is C/C=C(\C=C(C)C)c1ccccc1.CC.CC. The average Bonchev–Trinajstić information content (AvgIpc) is 2.41. The van der Waals surface area contributed by atoms with Crippen LogP contribution in [0.4, 0.5) is 0 Å². The molecule has 96 valence electrons. The minimum atomic E-state index is 1.28. The summed E-state index contributed by atoms with van der Waals surface area (Å²) >= 11 is 0. The molecule has 0 aliphatic rings. The van der Waals surface area contributed by atoms with Crippen molar-refractivity contribution < 1.29 is 0 Å². The summed E-state index contributed by atoms with van der Waals surface area (Å²) in [5.74, 6) is 0. The Bertz CT molecular complexity index is 311. The summed E-state index contributed by atoms with van der Waals surface area (Å²) in [7, 11) is 0. The zero-order valence-electron chi connectivity index (χ0n) is 12.5. The van der Waals surface area contributed by atoms with Crippen molar-refractivity contribution in [2.75, 3.05) is 0 Å². The van der Waals surface area contributed by atoms with Crippen molar-refractivity contribution in [1.29, 1.82) is 0 Å². The molecule has 0 aliphatic heterocycles. The van der Waals surface area contributed by atoms with Gasteiger partial charge in [0.15, 0.2) is 0 Å². The molecule has 17 heavy (non-hydrogen) atoms. The molecule has 0 fully saturated rings. The van der Waals surface area contributed by atoms with Crippen molar-refractivity contribution in [2.45, 2.75) is 48.5 Å². The van der Waals surface area contributed by atoms with Crippen LogP contribution in [0.25, 0.3) is 5.57 Å². The molecule has 0 aliphatic carbocycles. The predicted molar refractivity (Wildman–Crippen MR) is 82.2 cm³/mol. The van der Waals surface area contributed by atoms with Gasteiger partial charge in [0.2, 0.25) is 0 Å². The molecule has 0 saturated carbocycles. The minimum absolute atomic E-state index is 1.28. The standard InChI is InChI=1S/C13H16.2C2H6/c1-4-12(10-11(2)3)13-8-6-5-7-9-13;2*1-2/h4-10H,1-3H3;2*1-2H3/b12-4+;;. The molecule has 0 unspecified atom stereocenters. The topological polar surface area (TPSA) is 0 Å². The third-order valence-electron chi connectivity index (χ3n) is 1.86. The molecule has 0 spiro atoms. The molecule has 0 saturated heterocycles. The Labute approximate surface area is 108 Å². The van der Waals surface area contributed by atoms with E-state index < -0.39 is 0 Å². The molecule has 1 rings (SSSR count). The van der Waals surface area contributed by atoms with E-state index >= 15 is 0 Å². The lowest BCUT2D eigenvalue weighted by molar-refractivity contribution is 1.39. The molecule has 1 aromatic rings. The third-order valence-corrected chi connectivity index (χ3v) is 1.86. The summed E-state index contributed by atoms with van der Waals surface area (Å²) in [5, 5.41) is 0. The second-order valence-corrected chi connectivity index (χ2v) is 3.33. The maximum atomic E-state index is 2.20. The summed E-state index contributed by atoms with van der Waals surface area (Å²) in [6, 6.07) is 10.4. The largest absolute Gasteiger partial charge is 0.0798 e. The molecular formula is C17H28. The molecule has 0 N–H and O–H groups in total. The van der Waals surface area contributed by atoms with Crippen molar-refractivity contribution in [3.8, 4) is 0 Å². The fourth-order valence-corrected chi connectivity index (χ4v) is 1.27. The van der Waals surface area contributed by atoms with Gasteiger partial charge >= 0.3 is 0 Å². The Balaban J connectivity index is 0. The van der Waals surface area contributed by atoms with E-state index in [-0.39, 0.29) is 0 Å². The summed E-state index contributed by atoms with van der Waals surface area (Å²) < 4.78 is 0. The monoisotopic (exact) mass is 232 g/mol. The molecule has 0 amide bonds. The van der Waals surface area contributed by atoms with Crippen LogP contribution in [0.5, 0.6) is 0 Å². The van der Waals surface area contributed by atoms with Gasteiger partial charge in [-0.15, -0.1) is 0 Å². The first-order valence-electron chi connectivity index (χ1n) is 6.60. The van der Waals surface area contributed by atoms with Crippen LogP contribution in [0.3, 0.4) is 0 Å². The highest BCUT2D eigenvalue weighted by Crippen LogP contribution is 2.16. The molecule has 1 aromatic carbocycles. The summed E-state index contributed by atoms with van der Waals surface area (Å²) in [4.78, 5) is 0. The number of benzene rings is 1. The first-order valence-corrected chi connectivity index (χ1v) is 6.60. The van der Waals surface area contributed by atoms with Crippen LogP contribution in [-0.2, 0) is 0 Å². The van der Waals surface area contributed by atoms with Gasteiger partial charge < -0.3 is 0 Å². The van der Waals surface area contributed by atoms with Crippen molar-refractivity contribution >= 4 is 5.57 Å². The van der Waals surface area contributed by atoms with Crippen LogP contribution in [0, 0.1) is 0 Å². The Hall–Kier alpha value is -1.30. The highest BCUT2D eigenvalue weighted by Gasteiger charge is 1.94. The lowest BCUT2D eigenvalue weighted by Gasteiger charge is -2.01. The molecule has 0 aromatic heterocycles. The predicted octanol–water partition coefficient (Wildman–Crippen LogP) is 6.11. The van der Waals surface area contributed by atoms with Crippen molar-refractivity contribution in [2.24, 2.45) is 0 Å². The lowest BCUT2D eigenvalue weighted by Crippen LogP contribution is -1.79. The molecule has 0 heteroatoms. The van der Waals surface area contributed by atoms with Gasteiger partial charge in [0.25, 0.3) is 0 Å². The zero-order chi connectivity index (χ0) is 13.7. The van der Waals surface area contributed by atoms with E-state index in [1.165, 1.54) is 16.7 Å². The zero-order valence-corrected chi connectivity index (χ0v) is 12.5. The van der Waals surface area contributed by atoms with Gasteiger partial charge in [-0.2, -0.15) is 0 Å². The van der Waals surface area contributed by atoms with E-state index in [4.69, 9.17) is 0 Å². The van der Waals surface area contributed by atoms with Crippen LogP contribution < -0.4 is 0 Å². The van der Waals surface area contributed by atoms with Gasteiger partial charge in [0, 0.05) is 0 Å². The molecule has 0 nitrogen and oxygen atoms in total. The molecule has 0 heterocycles. The number of allylic oxidation sites excluding steroid dienone is 4. The highest BCUT2D eigenvalue weighted by molar-refractivity contribution is 5.74. The maximum Gasteiger partial charge on any atom is -0.0187 e. The quantitative estimate of drug-likeness (QED) is 0.540. The van der Waals surface area contributed by atoms with E-state index in [1.807, 2.05) is 33.8 Å². The number of rotatable bonds is 2. The molecule has 0 atom stereocenters. The molecule has 0 bridgehead atoms. The van der Waals surface area contributed by atoms with Crippen molar-refractivity contribution in [1.82, 2.24) is 0 Å². The van der Waals surface area contributed by atoms with E-state index in [0.717, 1.165) is 0 Å². The fourth-order valence-electron chi connectivity index (χ4n) is 1.27.